The molecule has 0 aromatic heterocycles. The molecular weight excluding hydrogens is 655 g/mol. The molecule has 190 valence electrons. The number of anilines is 1. The fraction of sp³-hybridized carbons (Fsp3) is 0.0968. The van der Waals surface area contributed by atoms with E-state index in [9.17, 15) is 10.1 Å². The molecule has 4 rings (SSSR count). The zero-order chi connectivity index (χ0) is 26.9. The molecule has 0 heterocycles. The minimum atomic E-state index is -0.489. The lowest BCUT2D eigenvalue weighted by atomic mass is 10.1. The van der Waals surface area contributed by atoms with E-state index < -0.39 is 5.91 Å². The average Bonchev–Trinajstić information content (AvgIpc) is 2.91. The molecule has 0 atom stereocenters. The number of nitrogens with one attached hydrogen (secondary N) is 1. The monoisotopic (exact) mass is 678 g/mol. The summed E-state index contributed by atoms with van der Waals surface area (Å²) in [4.78, 5) is 12.8. The molecule has 0 fully saturated rings. The van der Waals surface area contributed by atoms with Gasteiger partial charge in [-0.3, -0.25) is 4.79 Å². The topological polar surface area (TPSA) is 71.3 Å². The number of carbonyl (C=O) groups excluding carboxylic acids is 1. The standard InChI is InChI=1S/C31H24BrIN2O3/c1-21-6-5-9-23(14-21)20-38-30-28(32)16-24(17-29(30)33)15-25(18-34)31(36)35-26-10-12-27(13-11-26)37-19-22-7-3-2-4-8-22/h2-17H,19-20H2,1H3,(H,35,36)/b25-15+. The second-order valence-corrected chi connectivity index (χ2v) is 10.5. The first-order valence-electron chi connectivity index (χ1n) is 11.8. The third kappa shape index (κ3) is 7.70. The van der Waals surface area contributed by atoms with Crippen LogP contribution in [0.4, 0.5) is 5.69 Å². The summed E-state index contributed by atoms with van der Waals surface area (Å²) in [5.41, 5.74) is 4.59. The number of ether oxygens (including phenoxy) is 2. The van der Waals surface area contributed by atoms with E-state index in [0.29, 0.717) is 36.0 Å². The minimum Gasteiger partial charge on any atom is -0.489 e. The van der Waals surface area contributed by atoms with Crippen LogP contribution in [0.5, 0.6) is 11.5 Å². The molecule has 7 heteroatoms. The highest BCUT2D eigenvalue weighted by Crippen LogP contribution is 2.33. The van der Waals surface area contributed by atoms with Crippen LogP contribution in [0.15, 0.2) is 101 Å². The number of carbonyl (C=O) groups is 1. The summed E-state index contributed by atoms with van der Waals surface area (Å²) in [7, 11) is 0. The van der Waals surface area contributed by atoms with Crippen LogP contribution in [0.2, 0.25) is 0 Å². The van der Waals surface area contributed by atoms with Crippen molar-refractivity contribution in [1.29, 1.82) is 5.26 Å². The largest absolute Gasteiger partial charge is 0.489 e. The number of hydrogen-bond acceptors (Lipinski definition) is 4. The van der Waals surface area contributed by atoms with Crippen molar-refractivity contribution in [2.75, 3.05) is 5.32 Å². The maximum atomic E-state index is 12.8. The molecule has 0 aliphatic carbocycles. The van der Waals surface area contributed by atoms with Gasteiger partial charge in [0.05, 0.1) is 8.04 Å². The van der Waals surface area contributed by atoms with Gasteiger partial charge in [-0.25, -0.2) is 0 Å². The quantitative estimate of drug-likeness (QED) is 0.110. The SMILES string of the molecule is Cc1cccc(COc2c(Br)cc(/C=C(\C#N)C(=O)Nc3ccc(OCc4ccccc4)cc3)cc2I)c1. The van der Waals surface area contributed by atoms with Gasteiger partial charge in [0.25, 0.3) is 5.91 Å². The third-order valence-electron chi connectivity index (χ3n) is 5.52. The van der Waals surface area contributed by atoms with Gasteiger partial charge in [-0.05, 0) is 105 Å². The summed E-state index contributed by atoms with van der Waals surface area (Å²) >= 11 is 5.76. The van der Waals surface area contributed by atoms with Gasteiger partial charge >= 0.3 is 0 Å². The summed E-state index contributed by atoms with van der Waals surface area (Å²) in [6.07, 6.45) is 1.56. The van der Waals surface area contributed by atoms with E-state index >= 15 is 0 Å². The zero-order valence-electron chi connectivity index (χ0n) is 20.6. The van der Waals surface area contributed by atoms with Crippen molar-refractivity contribution in [2.24, 2.45) is 0 Å². The van der Waals surface area contributed by atoms with Crippen molar-refractivity contribution in [3.05, 3.63) is 127 Å². The Morgan fingerprint density at radius 2 is 1.66 bits per heavy atom. The summed E-state index contributed by atoms with van der Waals surface area (Å²) in [6.45, 7) is 2.94. The molecule has 0 spiro atoms. The second-order valence-electron chi connectivity index (χ2n) is 8.51. The second kappa shape index (κ2) is 13.3. The molecular formula is C31H24BrIN2O3. The highest BCUT2D eigenvalue weighted by atomic mass is 127. The van der Waals surface area contributed by atoms with E-state index in [1.54, 1.807) is 30.3 Å². The Kier molecular flexibility index (Phi) is 9.57. The molecule has 0 unspecified atom stereocenters. The predicted molar refractivity (Wildman–Crippen MR) is 162 cm³/mol. The number of benzene rings is 4. The van der Waals surface area contributed by atoms with E-state index in [1.165, 1.54) is 5.56 Å². The summed E-state index contributed by atoms with van der Waals surface area (Å²) in [5.74, 6) is 0.908. The number of hydrogen-bond donors (Lipinski definition) is 1. The lowest BCUT2D eigenvalue weighted by Crippen LogP contribution is -2.13. The molecule has 0 aliphatic heterocycles. The zero-order valence-corrected chi connectivity index (χ0v) is 24.3. The van der Waals surface area contributed by atoms with Crippen molar-refractivity contribution in [1.82, 2.24) is 0 Å². The Morgan fingerprint density at radius 3 is 2.34 bits per heavy atom. The van der Waals surface area contributed by atoms with Crippen molar-refractivity contribution >= 4 is 56.2 Å². The molecule has 1 N–H and O–H groups in total. The van der Waals surface area contributed by atoms with E-state index in [1.807, 2.05) is 73.7 Å². The van der Waals surface area contributed by atoms with Crippen LogP contribution in [0.25, 0.3) is 6.08 Å². The van der Waals surface area contributed by atoms with Crippen molar-refractivity contribution in [3.63, 3.8) is 0 Å². The lowest BCUT2D eigenvalue weighted by Gasteiger charge is -2.12. The van der Waals surface area contributed by atoms with E-state index in [4.69, 9.17) is 9.47 Å². The van der Waals surface area contributed by atoms with Gasteiger partial charge in [-0.2, -0.15) is 5.26 Å². The Bertz CT molecular complexity index is 1470. The van der Waals surface area contributed by atoms with Crippen molar-refractivity contribution in [2.45, 2.75) is 20.1 Å². The number of rotatable bonds is 9. The van der Waals surface area contributed by atoms with Crippen molar-refractivity contribution < 1.29 is 14.3 Å². The smallest absolute Gasteiger partial charge is 0.266 e. The van der Waals surface area contributed by atoms with Gasteiger partial charge in [-0.15, -0.1) is 0 Å². The summed E-state index contributed by atoms with van der Waals surface area (Å²) < 4.78 is 13.4. The summed E-state index contributed by atoms with van der Waals surface area (Å²) in [5, 5.41) is 12.4. The van der Waals surface area contributed by atoms with Gasteiger partial charge in [0.15, 0.2) is 0 Å². The predicted octanol–water partition coefficient (Wildman–Crippen LogP) is 8.07. The Balaban J connectivity index is 1.39. The molecule has 0 saturated heterocycles. The fourth-order valence-electron chi connectivity index (χ4n) is 3.65. The molecule has 0 saturated carbocycles. The Labute approximate surface area is 244 Å². The van der Waals surface area contributed by atoms with E-state index in [-0.39, 0.29) is 5.57 Å². The lowest BCUT2D eigenvalue weighted by molar-refractivity contribution is -0.112. The number of nitriles is 1. The van der Waals surface area contributed by atoms with Crippen LogP contribution in [0.1, 0.15) is 22.3 Å². The fourth-order valence-corrected chi connectivity index (χ4v) is 5.42. The number of halogens is 2. The molecule has 0 bridgehead atoms. The molecule has 4 aromatic rings. The van der Waals surface area contributed by atoms with E-state index in [0.717, 1.165) is 19.2 Å². The molecule has 0 aliphatic rings. The van der Waals surface area contributed by atoms with Crippen LogP contribution >= 0.6 is 38.5 Å². The van der Waals surface area contributed by atoms with Crippen LogP contribution in [0, 0.1) is 21.8 Å². The Hall–Kier alpha value is -3.61. The maximum absolute atomic E-state index is 12.8. The highest BCUT2D eigenvalue weighted by Gasteiger charge is 2.13. The number of aryl methyl sites for hydroxylation is 1. The van der Waals surface area contributed by atoms with Gasteiger partial charge in [0, 0.05) is 5.69 Å². The van der Waals surface area contributed by atoms with Crippen molar-refractivity contribution in [3.8, 4) is 17.6 Å². The normalized spacial score (nSPS) is 10.9. The number of nitrogens with zero attached hydrogens (tertiary/aromatic N) is 1. The maximum Gasteiger partial charge on any atom is 0.266 e. The van der Waals surface area contributed by atoms with Gasteiger partial charge in [0.2, 0.25) is 0 Å². The highest BCUT2D eigenvalue weighted by molar-refractivity contribution is 14.1. The Morgan fingerprint density at radius 1 is 0.947 bits per heavy atom. The third-order valence-corrected chi connectivity index (χ3v) is 6.91. The average molecular weight is 679 g/mol. The van der Waals surface area contributed by atoms with Crippen LogP contribution < -0.4 is 14.8 Å². The first-order valence-corrected chi connectivity index (χ1v) is 13.7. The first-order chi connectivity index (χ1) is 18.4. The number of amides is 1. The van der Waals surface area contributed by atoms with Gasteiger partial charge < -0.3 is 14.8 Å². The molecule has 0 radical (unpaired) electrons. The van der Waals surface area contributed by atoms with Crippen LogP contribution in [-0.2, 0) is 18.0 Å². The molecule has 5 nitrogen and oxygen atoms in total. The van der Waals surface area contributed by atoms with Gasteiger partial charge in [-0.1, -0.05) is 60.2 Å². The molecule has 38 heavy (non-hydrogen) atoms. The van der Waals surface area contributed by atoms with Crippen LogP contribution in [0.3, 0.4) is 0 Å². The summed E-state index contributed by atoms with van der Waals surface area (Å²) in [6, 6.07) is 30.8. The molecule has 1 amide bonds. The van der Waals surface area contributed by atoms with E-state index in [2.05, 4.69) is 49.9 Å². The molecule has 4 aromatic carbocycles. The van der Waals surface area contributed by atoms with Gasteiger partial charge in [0.1, 0.15) is 36.4 Å². The minimum absolute atomic E-state index is 0.00877. The van der Waals surface area contributed by atoms with Crippen LogP contribution in [-0.4, -0.2) is 5.91 Å². The first kappa shape index (κ1) is 27.4.